The fraction of sp³-hybridized carbons (Fsp3) is 0.414. The molecule has 13 nitrogen and oxygen atoms in total. The van der Waals surface area contributed by atoms with E-state index in [1.54, 1.807) is 52.0 Å². The van der Waals surface area contributed by atoms with E-state index < -0.39 is 58.4 Å². The number of esters is 1. The molecule has 250 valence electrons. The first-order valence-electron chi connectivity index (χ1n) is 14.1. The summed E-state index contributed by atoms with van der Waals surface area (Å²) in [5.74, 6) is -2.61. The Kier molecular flexibility index (Phi) is 11.4. The quantitative estimate of drug-likeness (QED) is 0.0662. The average Bonchev–Trinajstić information content (AvgIpc) is 3.45. The number of hydrogen-bond acceptors (Lipinski definition) is 9. The number of aryl methyl sites for hydroxylation is 1. The second-order valence-electron chi connectivity index (χ2n) is 10.8. The van der Waals surface area contributed by atoms with Gasteiger partial charge in [-0.3, -0.25) is 9.59 Å². The molecule has 0 unspecified atom stereocenters. The number of likely N-dealkylation sites (N-methyl/N-ethyl adjacent to an activating group) is 1. The number of carbonyl (C=O) groups is 2. The van der Waals surface area contributed by atoms with E-state index in [1.807, 2.05) is 11.6 Å². The first-order valence-corrected chi connectivity index (χ1v) is 15.6. The number of nitrogens with one attached hydrogen (secondary N) is 1. The van der Waals surface area contributed by atoms with Gasteiger partial charge in [0.05, 0.1) is 34.2 Å². The smallest absolute Gasteiger partial charge is 0.435 e. The van der Waals surface area contributed by atoms with E-state index in [1.165, 1.54) is 19.2 Å². The van der Waals surface area contributed by atoms with Crippen LogP contribution in [0.25, 0.3) is 16.9 Å². The van der Waals surface area contributed by atoms with E-state index >= 15 is 0 Å². The largest absolute Gasteiger partial charge is 0.569 e. The highest BCUT2D eigenvalue weighted by atomic mass is 32.2. The summed E-state index contributed by atoms with van der Waals surface area (Å²) in [5.41, 5.74) is 0.494. The normalized spacial score (nSPS) is 13.7. The minimum Gasteiger partial charge on any atom is -0.569 e. The van der Waals surface area contributed by atoms with E-state index in [0.29, 0.717) is 12.0 Å². The highest BCUT2D eigenvalue weighted by Crippen LogP contribution is 2.33. The Hall–Kier alpha value is -4.67. The van der Waals surface area contributed by atoms with Crippen LogP contribution in [-0.2, 0) is 35.4 Å². The summed E-state index contributed by atoms with van der Waals surface area (Å²) in [6.07, 6.45) is -4.36. The lowest BCUT2D eigenvalue weighted by Crippen LogP contribution is -2.52. The van der Waals surface area contributed by atoms with Crippen LogP contribution in [0.3, 0.4) is 0 Å². The number of benzene rings is 2. The lowest BCUT2D eigenvalue weighted by Gasteiger charge is -2.27. The molecule has 1 amide bonds. The zero-order valence-corrected chi connectivity index (χ0v) is 26.8. The Morgan fingerprint density at radius 3 is 2.26 bits per heavy atom. The lowest BCUT2D eigenvalue weighted by atomic mass is 9.98. The third-order valence-electron chi connectivity index (χ3n) is 6.95. The molecule has 0 radical (unpaired) electrons. The van der Waals surface area contributed by atoms with Gasteiger partial charge in [-0.05, 0) is 43.2 Å². The summed E-state index contributed by atoms with van der Waals surface area (Å²) < 4.78 is 74.8. The van der Waals surface area contributed by atoms with Gasteiger partial charge in [0.1, 0.15) is 0 Å². The van der Waals surface area contributed by atoms with Crippen LogP contribution < -0.4 is 4.72 Å². The molecule has 2 atom stereocenters. The van der Waals surface area contributed by atoms with E-state index in [9.17, 15) is 36.4 Å². The number of halogens is 3. The molecule has 0 bridgehead atoms. The van der Waals surface area contributed by atoms with Crippen molar-refractivity contribution in [2.45, 2.75) is 58.2 Å². The molecule has 3 aromatic rings. The van der Waals surface area contributed by atoms with Crippen LogP contribution in [0.4, 0.5) is 13.2 Å². The minimum atomic E-state index is -4.72. The van der Waals surface area contributed by atoms with Crippen LogP contribution >= 0.6 is 0 Å². The summed E-state index contributed by atoms with van der Waals surface area (Å²) in [7, 11) is -3.31. The predicted octanol–water partition coefficient (Wildman–Crippen LogP) is 4.98. The topological polar surface area (TPSA) is 158 Å². The summed E-state index contributed by atoms with van der Waals surface area (Å²) in [6.45, 7) is 7.71. The Labute approximate surface area is 264 Å². The molecular formula is C29H35F3N6O7S. The van der Waals surface area contributed by atoms with Crippen LogP contribution in [-0.4, -0.2) is 59.9 Å². The number of hydrazine groups is 1. The minimum absolute atomic E-state index is 0.0774. The van der Waals surface area contributed by atoms with Gasteiger partial charge in [0.15, 0.2) is 11.7 Å². The van der Waals surface area contributed by atoms with Crippen LogP contribution in [0.15, 0.2) is 64.8 Å². The number of hydrogen-bond donors (Lipinski definition) is 1. The summed E-state index contributed by atoms with van der Waals surface area (Å²) in [4.78, 5) is 29.0. The van der Waals surface area contributed by atoms with Crippen molar-refractivity contribution in [2.75, 3.05) is 13.8 Å². The fourth-order valence-electron chi connectivity index (χ4n) is 4.17. The Morgan fingerprint density at radius 2 is 1.72 bits per heavy atom. The van der Waals surface area contributed by atoms with E-state index in [0.717, 1.165) is 33.5 Å². The molecule has 0 aliphatic heterocycles. The highest BCUT2D eigenvalue weighted by molar-refractivity contribution is 7.90. The van der Waals surface area contributed by atoms with Gasteiger partial charge in [-0.15, -0.1) is 5.01 Å². The second kappa shape index (κ2) is 14.6. The number of aromatic nitrogens is 2. The van der Waals surface area contributed by atoms with Crippen LogP contribution in [0.1, 0.15) is 45.4 Å². The average molecular weight is 669 g/mol. The SMILES string of the molecule is CC[C@@H](C)[C@@H](C(=O)NS(=O)(=O)c1ccc(-n2nc(C(F)(F)F)cc2-c2ccc(C)cc2)cc1)N(C)/[N+]([O-])=N/OCOC(=O)C(C)C. The highest BCUT2D eigenvalue weighted by Gasteiger charge is 2.37. The summed E-state index contributed by atoms with van der Waals surface area (Å²) in [6, 6.07) is 11.1. The number of alkyl halides is 3. The third-order valence-corrected chi connectivity index (χ3v) is 8.31. The molecule has 17 heteroatoms. The first-order chi connectivity index (χ1) is 21.5. The number of nitrogens with zero attached hydrogens (tertiary/aromatic N) is 5. The molecule has 1 heterocycles. The predicted molar refractivity (Wildman–Crippen MR) is 158 cm³/mol. The van der Waals surface area contributed by atoms with Crippen molar-refractivity contribution in [3.8, 4) is 16.9 Å². The number of amides is 1. The van der Waals surface area contributed by atoms with Crippen molar-refractivity contribution in [1.82, 2.24) is 19.5 Å². The second-order valence-corrected chi connectivity index (χ2v) is 12.4. The van der Waals surface area contributed by atoms with Gasteiger partial charge in [0.2, 0.25) is 5.28 Å². The van der Waals surface area contributed by atoms with Gasteiger partial charge in [0.25, 0.3) is 22.7 Å². The van der Waals surface area contributed by atoms with Gasteiger partial charge < -0.3 is 14.8 Å². The van der Waals surface area contributed by atoms with Gasteiger partial charge in [-0.25, -0.2) is 17.8 Å². The van der Waals surface area contributed by atoms with E-state index in [-0.39, 0.29) is 21.2 Å². The maximum Gasteiger partial charge on any atom is 0.435 e. The molecule has 3 rings (SSSR count). The van der Waals surface area contributed by atoms with Gasteiger partial charge in [0, 0.05) is 5.56 Å². The molecule has 0 saturated heterocycles. The molecule has 0 saturated carbocycles. The summed E-state index contributed by atoms with van der Waals surface area (Å²) in [5, 5.41) is 20.3. The van der Waals surface area contributed by atoms with Gasteiger partial charge in [-0.1, -0.05) is 63.9 Å². The van der Waals surface area contributed by atoms with Crippen molar-refractivity contribution in [3.63, 3.8) is 0 Å². The van der Waals surface area contributed by atoms with Crippen LogP contribution in [0, 0.1) is 24.0 Å². The molecule has 1 N–H and O–H groups in total. The van der Waals surface area contributed by atoms with Crippen molar-refractivity contribution in [2.24, 2.45) is 17.1 Å². The van der Waals surface area contributed by atoms with Crippen LogP contribution in [0.5, 0.6) is 0 Å². The zero-order chi connectivity index (χ0) is 34.4. The van der Waals surface area contributed by atoms with Gasteiger partial charge in [-0.2, -0.15) is 18.3 Å². The first kappa shape index (κ1) is 35.8. The molecule has 1 aromatic heterocycles. The molecule has 46 heavy (non-hydrogen) atoms. The van der Waals surface area contributed by atoms with Crippen molar-refractivity contribution in [3.05, 3.63) is 71.1 Å². The zero-order valence-electron chi connectivity index (χ0n) is 26.0. The maximum absolute atomic E-state index is 13.6. The number of sulfonamides is 1. The Morgan fingerprint density at radius 1 is 1.11 bits per heavy atom. The standard InChI is InChI=1S/C29H35F3N6O7S/c1-7-20(5)26(36(6)38(41)35-45-17-44-28(40)18(2)3)27(39)34-46(42,43)23-14-12-22(13-15-23)37-24(16-25(33-37)29(30,31)32)21-10-8-19(4)9-11-21/h8-16,18,20,26H,7,17H2,1-6H3,(H,34,39)/b38-35-/t20-,26+/m1/s1. The number of ether oxygens (including phenoxy) is 1. The van der Waals surface area contributed by atoms with Crippen molar-refractivity contribution in [1.29, 1.82) is 0 Å². The van der Waals surface area contributed by atoms with E-state index in [2.05, 4.69) is 10.4 Å². The number of rotatable bonds is 13. The van der Waals surface area contributed by atoms with Crippen LogP contribution in [0.2, 0.25) is 0 Å². The molecule has 0 aliphatic rings. The molecule has 0 aliphatic carbocycles. The summed E-state index contributed by atoms with van der Waals surface area (Å²) >= 11 is 0. The monoisotopic (exact) mass is 668 g/mol. The molecule has 2 aromatic carbocycles. The number of carbonyl (C=O) groups excluding carboxylic acids is 2. The van der Waals surface area contributed by atoms with E-state index in [4.69, 9.17) is 9.57 Å². The molecular weight excluding hydrogens is 633 g/mol. The third kappa shape index (κ3) is 8.74. The Balaban J connectivity index is 1.84. The Bertz CT molecular complexity index is 1660. The van der Waals surface area contributed by atoms with Gasteiger partial charge >= 0.3 is 12.1 Å². The maximum atomic E-state index is 13.6. The molecule has 0 spiro atoms. The fourth-order valence-corrected chi connectivity index (χ4v) is 5.17. The lowest BCUT2D eigenvalue weighted by molar-refractivity contribution is -0.712. The van der Waals surface area contributed by atoms with Crippen molar-refractivity contribution < 1.29 is 45.7 Å². The molecule has 0 fully saturated rings. The van der Waals surface area contributed by atoms with Crippen molar-refractivity contribution >= 4 is 21.9 Å².